The Morgan fingerprint density at radius 2 is 0.860 bits per heavy atom. The Balaban J connectivity index is 4.09. The lowest BCUT2D eigenvalue weighted by Gasteiger charge is -2.26. The highest BCUT2D eigenvalue weighted by Crippen LogP contribution is 2.12. The quantitative estimate of drug-likeness (QED) is 0.0360. The topological polar surface area (TPSA) is 131 Å². The van der Waals surface area contributed by atoms with E-state index in [0.29, 0.717) is 58.4 Å². The van der Waals surface area contributed by atoms with E-state index in [1.807, 2.05) is 4.90 Å². The molecule has 6 N–H and O–H groups in total. The van der Waals surface area contributed by atoms with E-state index in [4.69, 9.17) is 11.5 Å². The maximum absolute atomic E-state index is 13.2. The molecular formula is C49H95N5O3. The molecule has 0 aromatic carbocycles. The van der Waals surface area contributed by atoms with Crippen LogP contribution < -0.4 is 22.1 Å². The number of carbonyl (C=O) groups excluding carboxylic acids is 3. The fourth-order valence-electron chi connectivity index (χ4n) is 7.24. The Morgan fingerprint density at radius 3 is 1.30 bits per heavy atom. The number of nitrogens with zero attached hydrogens (tertiary/aromatic N) is 1. The van der Waals surface area contributed by atoms with Crippen molar-refractivity contribution in [3.05, 3.63) is 24.3 Å². The summed E-state index contributed by atoms with van der Waals surface area (Å²) in [4.78, 5) is 39.9. The monoisotopic (exact) mass is 802 g/mol. The molecule has 8 heteroatoms. The van der Waals surface area contributed by atoms with Crippen molar-refractivity contribution in [3.63, 3.8) is 0 Å². The zero-order chi connectivity index (χ0) is 41.7. The number of carbonyl (C=O) groups is 3. The highest BCUT2D eigenvalue weighted by Gasteiger charge is 2.20. The Hall–Kier alpha value is -2.19. The number of amides is 3. The van der Waals surface area contributed by atoms with Gasteiger partial charge in [-0.1, -0.05) is 147 Å². The van der Waals surface area contributed by atoms with Crippen LogP contribution in [-0.4, -0.2) is 61.4 Å². The molecule has 1 atom stereocenters. The van der Waals surface area contributed by atoms with Crippen LogP contribution in [0.15, 0.2) is 24.3 Å². The molecule has 0 spiro atoms. The van der Waals surface area contributed by atoms with E-state index in [0.717, 1.165) is 51.4 Å². The number of rotatable bonds is 44. The van der Waals surface area contributed by atoms with Crippen molar-refractivity contribution in [2.75, 3.05) is 32.7 Å². The second kappa shape index (κ2) is 44.9. The minimum Gasteiger partial charge on any atom is -0.356 e. The molecule has 334 valence electrons. The smallest absolute Gasteiger partial charge is 0.239 e. The Labute approximate surface area is 353 Å². The van der Waals surface area contributed by atoms with Gasteiger partial charge in [0, 0.05) is 39.0 Å². The summed E-state index contributed by atoms with van der Waals surface area (Å²) in [5, 5.41) is 6.12. The van der Waals surface area contributed by atoms with Crippen molar-refractivity contribution in [3.8, 4) is 0 Å². The molecule has 0 radical (unpaired) electrons. The number of unbranched alkanes of at least 4 members (excludes halogenated alkanes) is 24. The van der Waals surface area contributed by atoms with E-state index in [1.165, 1.54) is 141 Å². The van der Waals surface area contributed by atoms with Gasteiger partial charge in [-0.2, -0.15) is 0 Å². The minimum atomic E-state index is -0.529. The average molecular weight is 802 g/mol. The van der Waals surface area contributed by atoms with Crippen LogP contribution in [0.25, 0.3) is 0 Å². The molecule has 0 aromatic heterocycles. The van der Waals surface area contributed by atoms with Crippen molar-refractivity contribution in [1.29, 1.82) is 0 Å². The summed E-state index contributed by atoms with van der Waals surface area (Å²) in [5.74, 6) is 0.196. The van der Waals surface area contributed by atoms with Crippen LogP contribution in [0.3, 0.4) is 0 Å². The van der Waals surface area contributed by atoms with Gasteiger partial charge in [-0.15, -0.1) is 0 Å². The van der Waals surface area contributed by atoms with Crippen molar-refractivity contribution >= 4 is 17.7 Å². The van der Waals surface area contributed by atoms with Gasteiger partial charge in [0.25, 0.3) is 0 Å². The number of nitrogens with one attached hydrogen (secondary N) is 2. The summed E-state index contributed by atoms with van der Waals surface area (Å²) in [5.41, 5.74) is 11.9. The molecule has 0 rings (SSSR count). The number of hydrogen-bond donors (Lipinski definition) is 4. The minimum absolute atomic E-state index is 0.0279. The Bertz CT molecular complexity index is 955. The van der Waals surface area contributed by atoms with Gasteiger partial charge in [-0.3, -0.25) is 14.4 Å². The molecule has 0 aliphatic carbocycles. The number of nitrogens with two attached hydrogens (primary N) is 2. The molecule has 0 unspecified atom stereocenters. The van der Waals surface area contributed by atoms with Crippen LogP contribution in [0.1, 0.15) is 232 Å². The molecule has 8 nitrogen and oxygen atoms in total. The molecule has 0 bridgehead atoms. The zero-order valence-corrected chi connectivity index (χ0v) is 37.8. The van der Waals surface area contributed by atoms with Crippen LogP contribution >= 0.6 is 0 Å². The van der Waals surface area contributed by atoms with Crippen LogP contribution in [0.2, 0.25) is 0 Å². The van der Waals surface area contributed by atoms with E-state index < -0.39 is 6.04 Å². The average Bonchev–Trinajstić information content (AvgIpc) is 3.21. The summed E-state index contributed by atoms with van der Waals surface area (Å²) in [6.45, 7) is 7.49. The first-order valence-corrected chi connectivity index (χ1v) is 24.5. The van der Waals surface area contributed by atoms with Gasteiger partial charge < -0.3 is 27.0 Å². The second-order valence-corrected chi connectivity index (χ2v) is 16.6. The van der Waals surface area contributed by atoms with E-state index in [1.54, 1.807) is 0 Å². The SMILES string of the molecule is CCCCCCCCC=CCCCCCCCC(=O)NCCCCN(CCCNC(=O)CCCCCCCC=CCCCCCCCC)C(=O)[C@H](N)CCCCN. The fourth-order valence-corrected chi connectivity index (χ4v) is 7.24. The van der Waals surface area contributed by atoms with E-state index in [-0.39, 0.29) is 17.7 Å². The molecule has 3 amide bonds. The summed E-state index contributed by atoms with van der Waals surface area (Å²) in [6, 6.07) is -0.529. The predicted molar refractivity (Wildman–Crippen MR) is 246 cm³/mol. The molecule has 0 aliphatic heterocycles. The lowest BCUT2D eigenvalue weighted by atomic mass is 10.1. The maximum atomic E-state index is 13.2. The summed E-state index contributed by atoms with van der Waals surface area (Å²) >= 11 is 0. The van der Waals surface area contributed by atoms with E-state index in [9.17, 15) is 14.4 Å². The standard InChI is InChI=1S/C49H95N5O3/c1-3-5-7-9-11-13-15-17-19-21-23-25-27-29-31-39-47(55)52-42-35-36-44-54(49(57)46(51)38-33-34-41-50)45-37-43-53-48(56)40-32-30-28-26-24-22-20-18-16-14-12-10-8-6-4-2/h17-20,46H,3-16,21-45,50-51H2,1-2H3,(H,52,55)(H,53,56)/t46-/m1/s1. The highest BCUT2D eigenvalue weighted by atomic mass is 16.2. The van der Waals surface area contributed by atoms with E-state index in [2.05, 4.69) is 48.8 Å². The van der Waals surface area contributed by atoms with Crippen LogP contribution in [-0.2, 0) is 14.4 Å². The molecule has 0 fully saturated rings. The van der Waals surface area contributed by atoms with Gasteiger partial charge in [0.2, 0.25) is 17.7 Å². The zero-order valence-electron chi connectivity index (χ0n) is 37.8. The largest absolute Gasteiger partial charge is 0.356 e. The molecule has 0 saturated heterocycles. The fraction of sp³-hybridized carbons (Fsp3) is 0.857. The third kappa shape index (κ3) is 40.4. The predicted octanol–water partition coefficient (Wildman–Crippen LogP) is 11.7. The van der Waals surface area contributed by atoms with Crippen molar-refractivity contribution < 1.29 is 14.4 Å². The Morgan fingerprint density at radius 1 is 0.474 bits per heavy atom. The van der Waals surface area contributed by atoms with Crippen LogP contribution in [0.4, 0.5) is 0 Å². The van der Waals surface area contributed by atoms with Gasteiger partial charge in [-0.05, 0) is 103 Å². The summed E-state index contributed by atoms with van der Waals surface area (Å²) in [6.07, 6.45) is 47.7. The van der Waals surface area contributed by atoms with Gasteiger partial charge >= 0.3 is 0 Å². The van der Waals surface area contributed by atoms with Crippen molar-refractivity contribution in [1.82, 2.24) is 15.5 Å². The first-order valence-electron chi connectivity index (χ1n) is 24.5. The molecule has 0 aromatic rings. The highest BCUT2D eigenvalue weighted by molar-refractivity contribution is 5.81. The van der Waals surface area contributed by atoms with Gasteiger partial charge in [-0.25, -0.2) is 0 Å². The van der Waals surface area contributed by atoms with Crippen LogP contribution in [0.5, 0.6) is 0 Å². The van der Waals surface area contributed by atoms with Crippen LogP contribution in [0, 0.1) is 0 Å². The molecule has 57 heavy (non-hydrogen) atoms. The molecule has 0 aliphatic rings. The van der Waals surface area contributed by atoms with Crippen molar-refractivity contribution in [2.24, 2.45) is 11.5 Å². The van der Waals surface area contributed by atoms with E-state index >= 15 is 0 Å². The number of allylic oxidation sites excluding steroid dienone is 4. The third-order valence-electron chi connectivity index (χ3n) is 11.0. The molecule has 0 saturated carbocycles. The van der Waals surface area contributed by atoms with Crippen molar-refractivity contribution in [2.45, 2.75) is 238 Å². The first kappa shape index (κ1) is 54.8. The lowest BCUT2D eigenvalue weighted by molar-refractivity contribution is -0.133. The third-order valence-corrected chi connectivity index (χ3v) is 11.0. The van der Waals surface area contributed by atoms with Gasteiger partial charge in [0.1, 0.15) is 0 Å². The lowest BCUT2D eigenvalue weighted by Crippen LogP contribution is -2.45. The van der Waals surface area contributed by atoms with Gasteiger partial charge in [0.05, 0.1) is 6.04 Å². The molecular weight excluding hydrogens is 707 g/mol. The maximum Gasteiger partial charge on any atom is 0.239 e. The normalized spacial score (nSPS) is 12.1. The van der Waals surface area contributed by atoms with Gasteiger partial charge in [0.15, 0.2) is 0 Å². The summed E-state index contributed by atoms with van der Waals surface area (Å²) in [7, 11) is 0. The number of hydrogen-bond acceptors (Lipinski definition) is 5. The summed E-state index contributed by atoms with van der Waals surface area (Å²) < 4.78 is 0. The molecule has 0 heterocycles. The second-order valence-electron chi connectivity index (χ2n) is 16.6. The first-order chi connectivity index (χ1) is 28.0. The Kier molecular flexibility index (Phi) is 43.2.